The SMILES string of the molecule is CC(NC(=O)CN1CCCC1CCCO)c1ccc(F)cc1. The van der Waals surface area contributed by atoms with Crippen LogP contribution in [0.3, 0.4) is 0 Å². The van der Waals surface area contributed by atoms with Crippen molar-refractivity contribution in [1.29, 1.82) is 0 Å². The van der Waals surface area contributed by atoms with E-state index in [-0.39, 0.29) is 24.4 Å². The summed E-state index contributed by atoms with van der Waals surface area (Å²) in [5.41, 5.74) is 0.896. The van der Waals surface area contributed by atoms with E-state index < -0.39 is 0 Å². The topological polar surface area (TPSA) is 52.6 Å². The molecule has 0 aliphatic carbocycles. The van der Waals surface area contributed by atoms with Gasteiger partial charge in [0.2, 0.25) is 5.91 Å². The van der Waals surface area contributed by atoms with E-state index in [1.807, 2.05) is 6.92 Å². The fourth-order valence-electron chi connectivity index (χ4n) is 3.06. The minimum atomic E-state index is -0.272. The zero-order chi connectivity index (χ0) is 15.9. The number of carbonyl (C=O) groups is 1. The van der Waals surface area contributed by atoms with Gasteiger partial charge in [0, 0.05) is 12.6 Å². The van der Waals surface area contributed by atoms with E-state index >= 15 is 0 Å². The van der Waals surface area contributed by atoms with Gasteiger partial charge in [0.25, 0.3) is 0 Å². The normalized spacial score (nSPS) is 20.0. The summed E-state index contributed by atoms with van der Waals surface area (Å²) in [6.45, 7) is 3.44. The maximum atomic E-state index is 12.9. The van der Waals surface area contributed by atoms with E-state index in [0.717, 1.165) is 37.8 Å². The molecule has 0 bridgehead atoms. The zero-order valence-corrected chi connectivity index (χ0v) is 13.1. The molecule has 1 aromatic carbocycles. The molecular formula is C17H25FN2O2. The van der Waals surface area contributed by atoms with Crippen LogP contribution in [0.2, 0.25) is 0 Å². The molecule has 1 aromatic rings. The highest BCUT2D eigenvalue weighted by Gasteiger charge is 2.26. The second-order valence-corrected chi connectivity index (χ2v) is 5.97. The minimum Gasteiger partial charge on any atom is -0.396 e. The lowest BCUT2D eigenvalue weighted by molar-refractivity contribution is -0.123. The van der Waals surface area contributed by atoms with Gasteiger partial charge in [0.15, 0.2) is 0 Å². The van der Waals surface area contributed by atoms with Gasteiger partial charge in [-0.3, -0.25) is 9.69 Å². The van der Waals surface area contributed by atoms with Crippen LogP contribution in [0.4, 0.5) is 4.39 Å². The van der Waals surface area contributed by atoms with Gasteiger partial charge < -0.3 is 10.4 Å². The number of aliphatic hydroxyl groups excluding tert-OH is 1. The van der Waals surface area contributed by atoms with Crippen molar-refractivity contribution in [2.45, 2.75) is 44.7 Å². The second-order valence-electron chi connectivity index (χ2n) is 5.97. The Bertz CT molecular complexity index is 478. The Morgan fingerprint density at radius 2 is 2.18 bits per heavy atom. The maximum Gasteiger partial charge on any atom is 0.234 e. The molecule has 1 aliphatic rings. The van der Waals surface area contributed by atoms with Gasteiger partial charge in [0.1, 0.15) is 5.82 Å². The molecule has 1 heterocycles. The highest BCUT2D eigenvalue weighted by molar-refractivity contribution is 5.78. The summed E-state index contributed by atoms with van der Waals surface area (Å²) in [5, 5.41) is 11.9. The summed E-state index contributed by atoms with van der Waals surface area (Å²) in [4.78, 5) is 14.4. The molecule has 2 rings (SSSR count). The van der Waals surface area contributed by atoms with Crippen LogP contribution in [-0.2, 0) is 4.79 Å². The Balaban J connectivity index is 1.82. The van der Waals surface area contributed by atoms with Crippen molar-refractivity contribution in [3.63, 3.8) is 0 Å². The molecule has 0 spiro atoms. The number of nitrogens with one attached hydrogen (secondary N) is 1. The molecule has 2 atom stereocenters. The van der Waals surface area contributed by atoms with Crippen LogP contribution in [0.25, 0.3) is 0 Å². The largest absolute Gasteiger partial charge is 0.396 e. The monoisotopic (exact) mass is 308 g/mol. The first kappa shape index (κ1) is 16.9. The predicted octanol–water partition coefficient (Wildman–Crippen LogP) is 2.24. The molecule has 2 unspecified atom stereocenters. The van der Waals surface area contributed by atoms with E-state index in [1.165, 1.54) is 12.1 Å². The smallest absolute Gasteiger partial charge is 0.234 e. The van der Waals surface area contributed by atoms with Crippen molar-refractivity contribution in [3.8, 4) is 0 Å². The van der Waals surface area contributed by atoms with Crippen molar-refractivity contribution in [2.24, 2.45) is 0 Å². The van der Waals surface area contributed by atoms with Crippen LogP contribution in [0.15, 0.2) is 24.3 Å². The first-order valence-corrected chi connectivity index (χ1v) is 8.00. The van der Waals surface area contributed by atoms with Gasteiger partial charge in [0.05, 0.1) is 12.6 Å². The third kappa shape index (κ3) is 4.78. The number of amides is 1. The first-order valence-electron chi connectivity index (χ1n) is 8.00. The number of nitrogens with zero attached hydrogens (tertiary/aromatic N) is 1. The molecule has 1 aliphatic heterocycles. The van der Waals surface area contributed by atoms with Gasteiger partial charge in [-0.05, 0) is 56.8 Å². The number of carbonyl (C=O) groups excluding carboxylic acids is 1. The Morgan fingerprint density at radius 3 is 2.86 bits per heavy atom. The fourth-order valence-corrected chi connectivity index (χ4v) is 3.06. The summed E-state index contributed by atoms with van der Waals surface area (Å²) in [7, 11) is 0. The number of halogens is 1. The number of benzene rings is 1. The predicted molar refractivity (Wildman–Crippen MR) is 83.9 cm³/mol. The van der Waals surface area contributed by atoms with Crippen LogP contribution in [0, 0.1) is 5.82 Å². The molecule has 1 fully saturated rings. The Hall–Kier alpha value is -1.46. The average Bonchev–Trinajstić information content (AvgIpc) is 2.92. The van der Waals surface area contributed by atoms with Crippen molar-refractivity contribution in [1.82, 2.24) is 10.2 Å². The standard InChI is InChI=1S/C17H25FN2O2/c1-13(14-6-8-15(18)9-7-14)19-17(22)12-20-10-2-4-16(20)5-3-11-21/h6-9,13,16,21H,2-5,10-12H2,1H3,(H,19,22). The molecule has 4 nitrogen and oxygen atoms in total. The van der Waals surface area contributed by atoms with Crippen LogP contribution in [0.1, 0.15) is 44.2 Å². The van der Waals surface area contributed by atoms with Crippen LogP contribution >= 0.6 is 0 Å². The van der Waals surface area contributed by atoms with Gasteiger partial charge in [-0.25, -0.2) is 4.39 Å². The highest BCUT2D eigenvalue weighted by atomic mass is 19.1. The first-order chi connectivity index (χ1) is 10.6. The second kappa shape index (κ2) is 8.25. The van der Waals surface area contributed by atoms with E-state index in [4.69, 9.17) is 5.11 Å². The lowest BCUT2D eigenvalue weighted by Crippen LogP contribution is -2.40. The average molecular weight is 308 g/mol. The molecule has 0 aromatic heterocycles. The van der Waals surface area contributed by atoms with Crippen LogP contribution < -0.4 is 5.32 Å². The number of hydrogen-bond acceptors (Lipinski definition) is 3. The number of rotatable bonds is 7. The van der Waals surface area contributed by atoms with Gasteiger partial charge in [-0.1, -0.05) is 12.1 Å². The third-order valence-corrected chi connectivity index (χ3v) is 4.29. The van der Waals surface area contributed by atoms with Crippen molar-refractivity contribution >= 4 is 5.91 Å². The van der Waals surface area contributed by atoms with E-state index in [0.29, 0.717) is 12.6 Å². The Labute approximate surface area is 131 Å². The lowest BCUT2D eigenvalue weighted by atomic mass is 10.1. The third-order valence-electron chi connectivity index (χ3n) is 4.29. The Kier molecular flexibility index (Phi) is 6.34. The molecule has 122 valence electrons. The molecular weight excluding hydrogens is 283 g/mol. The van der Waals surface area contributed by atoms with Gasteiger partial charge in [-0.2, -0.15) is 0 Å². The number of aliphatic hydroxyl groups is 1. The highest BCUT2D eigenvalue weighted by Crippen LogP contribution is 2.21. The summed E-state index contributed by atoms with van der Waals surface area (Å²) in [6, 6.07) is 6.47. The van der Waals surface area contributed by atoms with Gasteiger partial charge >= 0.3 is 0 Å². The summed E-state index contributed by atoms with van der Waals surface area (Å²) < 4.78 is 12.9. The van der Waals surface area contributed by atoms with Crippen LogP contribution in [-0.4, -0.2) is 41.7 Å². The summed E-state index contributed by atoms with van der Waals surface area (Å²) in [5.74, 6) is -0.279. The van der Waals surface area contributed by atoms with E-state index in [9.17, 15) is 9.18 Å². The van der Waals surface area contributed by atoms with Crippen molar-refractivity contribution in [3.05, 3.63) is 35.6 Å². The molecule has 0 saturated carbocycles. The van der Waals surface area contributed by atoms with Crippen LogP contribution in [0.5, 0.6) is 0 Å². The van der Waals surface area contributed by atoms with Crippen molar-refractivity contribution in [2.75, 3.05) is 19.7 Å². The van der Waals surface area contributed by atoms with Gasteiger partial charge in [-0.15, -0.1) is 0 Å². The summed E-state index contributed by atoms with van der Waals surface area (Å²) >= 11 is 0. The lowest BCUT2D eigenvalue weighted by Gasteiger charge is -2.24. The quantitative estimate of drug-likeness (QED) is 0.812. The van der Waals surface area contributed by atoms with E-state index in [1.54, 1.807) is 12.1 Å². The fraction of sp³-hybridized carbons (Fsp3) is 0.588. The maximum absolute atomic E-state index is 12.9. The minimum absolute atomic E-state index is 0.00674. The Morgan fingerprint density at radius 1 is 1.45 bits per heavy atom. The molecule has 1 amide bonds. The molecule has 0 radical (unpaired) electrons. The van der Waals surface area contributed by atoms with E-state index in [2.05, 4.69) is 10.2 Å². The molecule has 1 saturated heterocycles. The molecule has 22 heavy (non-hydrogen) atoms. The molecule has 5 heteroatoms. The van der Waals surface area contributed by atoms with Crippen molar-refractivity contribution < 1.29 is 14.3 Å². The number of hydrogen-bond donors (Lipinski definition) is 2. The number of likely N-dealkylation sites (tertiary alicyclic amines) is 1. The zero-order valence-electron chi connectivity index (χ0n) is 13.1. The molecule has 2 N–H and O–H groups in total. The summed E-state index contributed by atoms with van der Waals surface area (Å²) in [6.07, 6.45) is 3.93.